The van der Waals surface area contributed by atoms with Gasteiger partial charge in [-0.05, 0) is 24.3 Å². The Balaban J connectivity index is 0.000000258. The lowest BCUT2D eigenvalue weighted by molar-refractivity contribution is -0.557. The lowest BCUT2D eigenvalue weighted by Gasteiger charge is -2.08. The van der Waals surface area contributed by atoms with Gasteiger partial charge in [0.15, 0.2) is 20.2 Å². The van der Waals surface area contributed by atoms with E-state index in [4.69, 9.17) is 25.9 Å². The van der Waals surface area contributed by atoms with Gasteiger partial charge in [0.25, 0.3) is 11.7 Å². The molecule has 0 unspecified atom stereocenters. The van der Waals surface area contributed by atoms with Crippen molar-refractivity contribution in [3.8, 4) is 0 Å². The third-order valence-electron chi connectivity index (χ3n) is 4.30. The highest BCUT2D eigenvalue weighted by atomic mass is 32.2. The van der Waals surface area contributed by atoms with Crippen LogP contribution in [0.4, 0.5) is 26.3 Å². The zero-order chi connectivity index (χ0) is 29.0. The van der Waals surface area contributed by atoms with Gasteiger partial charge in [-0.25, -0.2) is 26.0 Å². The summed E-state index contributed by atoms with van der Waals surface area (Å²) >= 11 is 0. The molecule has 0 aliphatic carbocycles. The smallest absolute Gasteiger partial charge is 0.485 e. The van der Waals surface area contributed by atoms with Crippen molar-refractivity contribution in [2.45, 2.75) is 36.7 Å². The Morgan fingerprint density at radius 3 is 1.05 bits per heavy atom. The number of rotatable bonds is 0. The summed E-state index contributed by atoms with van der Waals surface area (Å²) in [7, 11) is -12.2. The molecule has 0 atom stereocenters. The van der Waals surface area contributed by atoms with Crippen molar-refractivity contribution in [1.82, 2.24) is 0 Å². The van der Waals surface area contributed by atoms with Crippen molar-refractivity contribution in [1.29, 1.82) is 0 Å². The molecule has 0 fully saturated rings. The average molecular weight is 593 g/mol. The van der Waals surface area contributed by atoms with Crippen molar-refractivity contribution >= 4 is 31.9 Å². The van der Waals surface area contributed by atoms with Gasteiger partial charge in [-0.3, -0.25) is 0 Å². The van der Waals surface area contributed by atoms with Crippen LogP contribution in [0.1, 0.15) is 25.7 Å². The number of hydrogen-bond acceptors (Lipinski definition) is 8. The van der Waals surface area contributed by atoms with E-state index in [1.165, 1.54) is 24.5 Å². The number of aromatic nitrogens is 2. The van der Waals surface area contributed by atoms with E-state index < -0.39 is 31.3 Å². The molecule has 2 aliphatic heterocycles. The van der Waals surface area contributed by atoms with Crippen LogP contribution < -0.4 is 9.13 Å². The third kappa shape index (κ3) is 12.1. The fourth-order valence-electron chi connectivity index (χ4n) is 2.61. The Hall–Kier alpha value is -2.96. The van der Waals surface area contributed by atoms with Gasteiger partial charge in [-0.2, -0.15) is 26.3 Å². The summed E-state index contributed by atoms with van der Waals surface area (Å²) < 4.78 is 122. The summed E-state index contributed by atoms with van der Waals surface area (Å²) in [5.74, 6) is 2.40. The second-order valence-corrected chi connectivity index (χ2v) is 9.91. The van der Waals surface area contributed by atoms with E-state index in [9.17, 15) is 26.3 Å². The van der Waals surface area contributed by atoms with Gasteiger partial charge in [0.1, 0.15) is 13.1 Å². The molecule has 0 amide bonds. The van der Waals surface area contributed by atoms with Gasteiger partial charge in [0, 0.05) is 12.8 Å². The van der Waals surface area contributed by atoms with Gasteiger partial charge < -0.3 is 9.11 Å². The first kappa shape index (κ1) is 33.1. The van der Waals surface area contributed by atoms with E-state index in [0.717, 1.165) is 25.9 Å². The molecule has 212 valence electrons. The van der Waals surface area contributed by atoms with Gasteiger partial charge in [-0.1, -0.05) is 22.1 Å². The van der Waals surface area contributed by atoms with Crippen LogP contribution in [0.15, 0.2) is 71.2 Å². The molecular weight excluding hydrogens is 570 g/mol. The number of halogens is 6. The largest absolute Gasteiger partial charge is 0.741 e. The number of nitrogens with zero attached hydrogens (tertiary/aromatic N) is 4. The standard InChI is InChI=1S/2C9H11N2.2CHF3O3S/c2*1-2-7-11(8-3-1)9-5-4-6-10-9;2*2-1(3,4)8(5,6)7/h2*1-3,7-8H,4-6H2;2*(H,5,6,7)/q2*+1;;/p-2. The molecule has 4 heterocycles. The Bertz CT molecular complexity index is 1180. The third-order valence-corrected chi connectivity index (χ3v) is 5.43. The predicted octanol–water partition coefficient (Wildman–Crippen LogP) is 2.13. The monoisotopic (exact) mass is 592 g/mol. The van der Waals surface area contributed by atoms with E-state index in [1.54, 1.807) is 0 Å². The lowest BCUT2D eigenvalue weighted by Crippen LogP contribution is -2.40. The summed E-state index contributed by atoms with van der Waals surface area (Å²) in [5.41, 5.74) is -11.3. The van der Waals surface area contributed by atoms with Gasteiger partial charge in [0.2, 0.25) is 0 Å². The second kappa shape index (κ2) is 14.3. The summed E-state index contributed by atoms with van der Waals surface area (Å²) in [6.45, 7) is 1.99. The second-order valence-electron chi connectivity index (χ2n) is 7.17. The van der Waals surface area contributed by atoms with Crippen LogP contribution in [0.2, 0.25) is 0 Å². The van der Waals surface area contributed by atoms with Crippen molar-refractivity contribution in [2.75, 3.05) is 13.1 Å². The number of pyridine rings is 2. The van der Waals surface area contributed by atoms with Crippen LogP contribution in [0.25, 0.3) is 0 Å². The Morgan fingerprint density at radius 1 is 0.605 bits per heavy atom. The van der Waals surface area contributed by atoms with Gasteiger partial charge >= 0.3 is 11.0 Å². The van der Waals surface area contributed by atoms with Crippen LogP contribution in [0.5, 0.6) is 0 Å². The van der Waals surface area contributed by atoms with E-state index in [1.807, 2.05) is 61.2 Å². The Labute approximate surface area is 214 Å². The average Bonchev–Trinajstić information content (AvgIpc) is 3.54. The summed E-state index contributed by atoms with van der Waals surface area (Å²) in [5, 5.41) is 0. The van der Waals surface area contributed by atoms with E-state index in [0.29, 0.717) is 0 Å². The highest BCUT2D eigenvalue weighted by Crippen LogP contribution is 2.21. The SMILES string of the molecule is O=S(=O)([O-])C(F)(F)F.O=S(=O)([O-])C(F)(F)F.c1cc[n+](C2=NCCC2)cc1.c1cc[n+](C2=NCCC2)cc1. The molecule has 0 saturated carbocycles. The molecule has 0 spiro atoms. The molecule has 0 saturated heterocycles. The molecule has 0 bridgehead atoms. The molecule has 0 radical (unpaired) electrons. The van der Waals surface area contributed by atoms with Crippen molar-refractivity contribution < 1.29 is 61.4 Å². The topological polar surface area (TPSA) is 147 Å². The number of aliphatic imine (C=N–C) groups is 2. The first-order valence-electron chi connectivity index (χ1n) is 10.5. The number of alkyl halides is 6. The molecule has 18 heteroatoms. The van der Waals surface area contributed by atoms with E-state index >= 15 is 0 Å². The molecule has 2 aromatic rings. The Kier molecular flexibility index (Phi) is 12.4. The molecule has 10 nitrogen and oxygen atoms in total. The number of hydrogen-bond donors (Lipinski definition) is 0. The molecule has 2 aliphatic rings. The summed E-state index contributed by atoms with van der Waals surface area (Å²) in [6.07, 6.45) is 12.8. The summed E-state index contributed by atoms with van der Waals surface area (Å²) in [6, 6.07) is 12.2. The minimum absolute atomic E-state index is 0.997. The lowest BCUT2D eigenvalue weighted by atomic mass is 10.3. The molecule has 2 aromatic heterocycles. The zero-order valence-electron chi connectivity index (χ0n) is 19.3. The molecule has 0 aromatic carbocycles. The quantitative estimate of drug-likeness (QED) is 0.198. The molecule has 0 N–H and O–H groups in total. The van der Waals surface area contributed by atoms with Crippen LogP contribution in [0, 0.1) is 0 Å². The highest BCUT2D eigenvalue weighted by molar-refractivity contribution is 7.86. The van der Waals surface area contributed by atoms with Crippen molar-refractivity contribution in [3.05, 3.63) is 61.2 Å². The van der Waals surface area contributed by atoms with Gasteiger partial charge in [-0.15, -0.1) is 0 Å². The molecular formula is C20H22F6N4O6S2. The fourth-order valence-corrected chi connectivity index (χ4v) is 2.61. The maximum Gasteiger partial charge on any atom is 0.485 e. The maximum absolute atomic E-state index is 10.7. The molecule has 38 heavy (non-hydrogen) atoms. The van der Waals surface area contributed by atoms with E-state index in [-0.39, 0.29) is 0 Å². The van der Waals surface area contributed by atoms with Crippen LogP contribution in [-0.4, -0.2) is 61.7 Å². The zero-order valence-corrected chi connectivity index (χ0v) is 21.0. The van der Waals surface area contributed by atoms with Crippen molar-refractivity contribution in [2.24, 2.45) is 9.98 Å². The first-order chi connectivity index (χ1) is 17.4. The fraction of sp³-hybridized carbons (Fsp3) is 0.400. The van der Waals surface area contributed by atoms with E-state index in [2.05, 4.69) is 19.1 Å². The van der Waals surface area contributed by atoms with Gasteiger partial charge in [0.05, 0.1) is 37.6 Å². The van der Waals surface area contributed by atoms with Crippen LogP contribution in [0.3, 0.4) is 0 Å². The summed E-state index contributed by atoms with van der Waals surface area (Å²) in [4.78, 5) is 8.77. The normalized spacial score (nSPS) is 15.5. The first-order valence-corrected chi connectivity index (χ1v) is 13.3. The Morgan fingerprint density at radius 2 is 0.868 bits per heavy atom. The van der Waals surface area contributed by atoms with Crippen molar-refractivity contribution in [3.63, 3.8) is 0 Å². The predicted molar refractivity (Wildman–Crippen MR) is 119 cm³/mol. The van der Waals surface area contributed by atoms with Crippen LogP contribution in [-0.2, 0) is 20.2 Å². The minimum atomic E-state index is -6.09. The minimum Gasteiger partial charge on any atom is -0.741 e. The molecule has 4 rings (SSSR count). The highest BCUT2D eigenvalue weighted by Gasteiger charge is 2.37. The van der Waals surface area contributed by atoms with Crippen LogP contribution >= 0.6 is 0 Å². The maximum atomic E-state index is 10.7.